The van der Waals surface area contributed by atoms with E-state index in [2.05, 4.69) is 15.3 Å². The number of aromatic nitrogens is 2. The number of carboxylic acid groups (broad SMARTS) is 1. The summed E-state index contributed by atoms with van der Waals surface area (Å²) in [5.41, 5.74) is 2.44. The highest BCUT2D eigenvalue weighted by atomic mass is 16.4. The van der Waals surface area contributed by atoms with Crippen molar-refractivity contribution in [1.29, 1.82) is 0 Å². The fourth-order valence-electron chi connectivity index (χ4n) is 1.95. The lowest BCUT2D eigenvalue weighted by Gasteiger charge is -2.00. The van der Waals surface area contributed by atoms with E-state index in [9.17, 15) is 9.59 Å². The van der Waals surface area contributed by atoms with Crippen molar-refractivity contribution in [2.75, 3.05) is 5.32 Å². The molecule has 0 atom stereocenters. The van der Waals surface area contributed by atoms with Gasteiger partial charge in [-0.1, -0.05) is 0 Å². The van der Waals surface area contributed by atoms with Crippen LogP contribution in [0.4, 0.5) is 5.69 Å². The number of oxazole rings is 1. The zero-order valence-electron chi connectivity index (χ0n) is 11.8. The summed E-state index contributed by atoms with van der Waals surface area (Å²) in [6.45, 7) is 0. The first kappa shape index (κ1) is 14.5. The number of hydrogen-bond donors (Lipinski definition) is 2. The Labute approximate surface area is 130 Å². The van der Waals surface area contributed by atoms with Gasteiger partial charge in [0.2, 0.25) is 11.8 Å². The Morgan fingerprint density at radius 2 is 1.91 bits per heavy atom. The van der Waals surface area contributed by atoms with Gasteiger partial charge in [-0.2, -0.15) is 0 Å². The molecule has 0 radical (unpaired) electrons. The van der Waals surface area contributed by atoms with Crippen molar-refractivity contribution in [3.8, 4) is 11.5 Å². The highest BCUT2D eigenvalue weighted by Crippen LogP contribution is 2.25. The number of amides is 1. The third-order valence-corrected chi connectivity index (χ3v) is 2.96. The number of fused-ring (bicyclic) bond motifs is 1. The van der Waals surface area contributed by atoms with Crippen LogP contribution in [0.3, 0.4) is 0 Å². The SMILES string of the molecule is O=C(O)/C=C/C(=O)Nc1ccc2nc(-c3ccncc3)oc2c1. The molecule has 0 aliphatic carbocycles. The van der Waals surface area contributed by atoms with Gasteiger partial charge in [-0.25, -0.2) is 9.78 Å². The van der Waals surface area contributed by atoms with Crippen LogP contribution in [-0.4, -0.2) is 27.0 Å². The van der Waals surface area contributed by atoms with Crippen molar-refractivity contribution in [2.45, 2.75) is 0 Å². The van der Waals surface area contributed by atoms with Gasteiger partial charge < -0.3 is 14.8 Å². The molecular weight excluding hydrogens is 298 g/mol. The van der Waals surface area contributed by atoms with Gasteiger partial charge in [-0.3, -0.25) is 9.78 Å². The summed E-state index contributed by atoms with van der Waals surface area (Å²) in [7, 11) is 0. The Morgan fingerprint density at radius 1 is 1.13 bits per heavy atom. The van der Waals surface area contributed by atoms with Gasteiger partial charge in [-0.15, -0.1) is 0 Å². The average Bonchev–Trinajstić information content (AvgIpc) is 2.97. The molecular formula is C16H11N3O4. The van der Waals surface area contributed by atoms with E-state index in [1.807, 2.05) is 0 Å². The lowest BCUT2D eigenvalue weighted by molar-refractivity contribution is -0.131. The molecule has 3 rings (SSSR count). The molecule has 2 heterocycles. The normalized spacial score (nSPS) is 11.0. The number of aliphatic carboxylic acids is 1. The highest BCUT2D eigenvalue weighted by Gasteiger charge is 2.09. The fraction of sp³-hybridized carbons (Fsp3) is 0. The van der Waals surface area contributed by atoms with Gasteiger partial charge in [0.15, 0.2) is 5.58 Å². The maximum Gasteiger partial charge on any atom is 0.328 e. The minimum absolute atomic E-state index is 0.455. The second-order valence-corrected chi connectivity index (χ2v) is 4.60. The summed E-state index contributed by atoms with van der Waals surface area (Å²) in [5, 5.41) is 11.0. The molecule has 0 aliphatic heterocycles. The van der Waals surface area contributed by atoms with Crippen LogP contribution < -0.4 is 5.32 Å². The molecule has 0 saturated heterocycles. The summed E-state index contributed by atoms with van der Waals surface area (Å²) >= 11 is 0. The van der Waals surface area contributed by atoms with Crippen LogP contribution in [0.25, 0.3) is 22.6 Å². The van der Waals surface area contributed by atoms with Crippen LogP contribution in [0.2, 0.25) is 0 Å². The zero-order valence-corrected chi connectivity index (χ0v) is 11.8. The number of hydrogen-bond acceptors (Lipinski definition) is 5. The van der Waals surface area contributed by atoms with Gasteiger partial charge in [0.25, 0.3) is 0 Å². The monoisotopic (exact) mass is 309 g/mol. The Hall–Kier alpha value is -3.48. The van der Waals surface area contributed by atoms with Gasteiger partial charge >= 0.3 is 5.97 Å². The number of rotatable bonds is 4. The molecule has 2 aromatic heterocycles. The average molecular weight is 309 g/mol. The van der Waals surface area contributed by atoms with E-state index in [1.54, 1.807) is 42.7 Å². The van der Waals surface area contributed by atoms with Crippen molar-refractivity contribution < 1.29 is 19.1 Å². The van der Waals surface area contributed by atoms with Gasteiger partial charge in [0, 0.05) is 41.9 Å². The van der Waals surface area contributed by atoms with E-state index < -0.39 is 11.9 Å². The van der Waals surface area contributed by atoms with Crippen LogP contribution in [-0.2, 0) is 9.59 Å². The molecule has 114 valence electrons. The Kier molecular flexibility index (Phi) is 3.84. The van der Waals surface area contributed by atoms with E-state index in [4.69, 9.17) is 9.52 Å². The molecule has 1 amide bonds. The lowest BCUT2D eigenvalue weighted by atomic mass is 10.2. The number of carbonyl (C=O) groups excluding carboxylic acids is 1. The topological polar surface area (TPSA) is 105 Å². The van der Waals surface area contributed by atoms with Gasteiger partial charge in [0.1, 0.15) is 5.52 Å². The minimum atomic E-state index is -1.19. The van der Waals surface area contributed by atoms with Crippen molar-refractivity contribution in [1.82, 2.24) is 9.97 Å². The molecule has 23 heavy (non-hydrogen) atoms. The van der Waals surface area contributed by atoms with Crippen molar-refractivity contribution >= 4 is 28.7 Å². The maximum atomic E-state index is 11.6. The number of anilines is 1. The van der Waals surface area contributed by atoms with E-state index in [1.165, 1.54) is 0 Å². The predicted molar refractivity (Wildman–Crippen MR) is 82.6 cm³/mol. The van der Waals surface area contributed by atoms with E-state index in [0.717, 1.165) is 17.7 Å². The van der Waals surface area contributed by atoms with Crippen LogP contribution in [0, 0.1) is 0 Å². The quantitative estimate of drug-likeness (QED) is 0.717. The summed E-state index contributed by atoms with van der Waals surface area (Å²) in [5.74, 6) is -1.27. The molecule has 2 N–H and O–H groups in total. The number of carbonyl (C=O) groups is 2. The molecule has 0 bridgehead atoms. The third kappa shape index (κ3) is 3.41. The Balaban J connectivity index is 1.85. The predicted octanol–water partition coefficient (Wildman–Crippen LogP) is 2.47. The number of nitrogens with one attached hydrogen (secondary N) is 1. The van der Waals surface area contributed by atoms with Gasteiger partial charge in [-0.05, 0) is 24.3 Å². The first-order chi connectivity index (χ1) is 11.1. The first-order valence-electron chi connectivity index (χ1n) is 6.65. The Morgan fingerprint density at radius 3 is 2.65 bits per heavy atom. The third-order valence-electron chi connectivity index (χ3n) is 2.96. The smallest absolute Gasteiger partial charge is 0.328 e. The van der Waals surface area contributed by atoms with Crippen molar-refractivity contribution in [2.24, 2.45) is 0 Å². The largest absolute Gasteiger partial charge is 0.478 e. The van der Waals surface area contributed by atoms with Crippen LogP contribution >= 0.6 is 0 Å². The molecule has 0 saturated carbocycles. The van der Waals surface area contributed by atoms with Crippen LogP contribution in [0.15, 0.2) is 59.3 Å². The summed E-state index contributed by atoms with van der Waals surface area (Å²) in [4.78, 5) is 30.2. The first-order valence-corrected chi connectivity index (χ1v) is 6.65. The van der Waals surface area contributed by atoms with E-state index in [0.29, 0.717) is 22.7 Å². The molecule has 7 heteroatoms. The number of pyridine rings is 1. The molecule has 3 aromatic rings. The summed E-state index contributed by atoms with van der Waals surface area (Å²) < 4.78 is 5.67. The second kappa shape index (κ2) is 6.10. The molecule has 0 fully saturated rings. The molecule has 0 spiro atoms. The van der Waals surface area contributed by atoms with Crippen LogP contribution in [0.5, 0.6) is 0 Å². The fourth-order valence-corrected chi connectivity index (χ4v) is 1.95. The summed E-state index contributed by atoms with van der Waals surface area (Å²) in [6, 6.07) is 8.56. The molecule has 1 aromatic carbocycles. The minimum Gasteiger partial charge on any atom is -0.478 e. The van der Waals surface area contributed by atoms with E-state index >= 15 is 0 Å². The molecule has 0 aliphatic rings. The maximum absolute atomic E-state index is 11.6. The number of benzene rings is 1. The van der Waals surface area contributed by atoms with E-state index in [-0.39, 0.29) is 0 Å². The standard InChI is InChI=1S/C16H11N3O4/c20-14(3-4-15(21)22)18-11-1-2-12-13(9-11)23-16(19-12)10-5-7-17-8-6-10/h1-9H,(H,18,20)(H,21,22)/b4-3+. The number of carboxylic acids is 1. The Bertz CT molecular complexity index is 900. The number of nitrogens with zero attached hydrogens (tertiary/aromatic N) is 2. The van der Waals surface area contributed by atoms with Crippen molar-refractivity contribution in [3.05, 3.63) is 54.9 Å². The second-order valence-electron chi connectivity index (χ2n) is 4.60. The lowest BCUT2D eigenvalue weighted by Crippen LogP contribution is -2.08. The molecule has 7 nitrogen and oxygen atoms in total. The molecule has 0 unspecified atom stereocenters. The van der Waals surface area contributed by atoms with Crippen LogP contribution in [0.1, 0.15) is 0 Å². The van der Waals surface area contributed by atoms with Gasteiger partial charge in [0.05, 0.1) is 0 Å². The van der Waals surface area contributed by atoms with Crippen molar-refractivity contribution in [3.63, 3.8) is 0 Å². The zero-order chi connectivity index (χ0) is 16.2. The highest BCUT2D eigenvalue weighted by molar-refractivity contribution is 6.03. The summed E-state index contributed by atoms with van der Waals surface area (Å²) in [6.07, 6.45) is 4.99.